The van der Waals surface area contributed by atoms with Gasteiger partial charge < -0.3 is 4.74 Å². The zero-order valence-electron chi connectivity index (χ0n) is 7.88. The number of benzene rings is 1. The standard InChI is InChI=1S/C10H10Br2O2/c1-6(11)10(13)7-4-3-5-8(14-2)9(7)12/h3-6H,1-2H3. The first-order valence-corrected chi connectivity index (χ1v) is 5.79. The molecule has 0 aromatic heterocycles. The number of alkyl halides is 1. The number of methoxy groups -OCH3 is 1. The quantitative estimate of drug-likeness (QED) is 0.630. The van der Waals surface area contributed by atoms with Gasteiger partial charge in [0.1, 0.15) is 5.75 Å². The molecule has 0 aliphatic rings. The Labute approximate surface area is 99.9 Å². The Hall–Kier alpha value is -0.350. The van der Waals surface area contributed by atoms with Crippen LogP contribution in [0.4, 0.5) is 0 Å². The van der Waals surface area contributed by atoms with Crippen molar-refractivity contribution >= 4 is 37.6 Å². The van der Waals surface area contributed by atoms with Crippen LogP contribution in [0.5, 0.6) is 5.75 Å². The largest absolute Gasteiger partial charge is 0.496 e. The molecule has 0 saturated heterocycles. The highest BCUT2D eigenvalue weighted by Crippen LogP contribution is 2.29. The van der Waals surface area contributed by atoms with Crippen molar-refractivity contribution in [2.24, 2.45) is 0 Å². The molecule has 0 bridgehead atoms. The van der Waals surface area contributed by atoms with Gasteiger partial charge in [0.05, 0.1) is 16.4 Å². The molecule has 0 aliphatic heterocycles. The lowest BCUT2D eigenvalue weighted by Gasteiger charge is -2.08. The number of Topliss-reactive ketones (excluding diaryl/α,β-unsaturated/α-hetero) is 1. The molecule has 0 fully saturated rings. The van der Waals surface area contributed by atoms with Gasteiger partial charge in [-0.05, 0) is 35.0 Å². The fraction of sp³-hybridized carbons (Fsp3) is 0.300. The van der Waals surface area contributed by atoms with Gasteiger partial charge in [-0.25, -0.2) is 0 Å². The Morgan fingerprint density at radius 3 is 2.64 bits per heavy atom. The predicted octanol–water partition coefficient (Wildman–Crippen LogP) is 3.42. The molecule has 76 valence electrons. The summed E-state index contributed by atoms with van der Waals surface area (Å²) in [6.07, 6.45) is 0. The van der Waals surface area contributed by atoms with Crippen LogP contribution in [0.1, 0.15) is 17.3 Å². The summed E-state index contributed by atoms with van der Waals surface area (Å²) in [5, 5.41) is 0. The fourth-order valence-electron chi connectivity index (χ4n) is 1.07. The average molecular weight is 322 g/mol. The first-order valence-electron chi connectivity index (χ1n) is 4.08. The molecule has 1 aromatic carbocycles. The van der Waals surface area contributed by atoms with Gasteiger partial charge in [0.2, 0.25) is 0 Å². The van der Waals surface area contributed by atoms with E-state index in [4.69, 9.17) is 4.74 Å². The molecular weight excluding hydrogens is 312 g/mol. The molecule has 2 nitrogen and oxygen atoms in total. The second-order valence-electron chi connectivity index (χ2n) is 2.80. The molecular formula is C10H10Br2O2. The predicted molar refractivity (Wildman–Crippen MR) is 63.4 cm³/mol. The van der Waals surface area contributed by atoms with E-state index < -0.39 is 0 Å². The molecule has 0 saturated carbocycles. The first-order chi connectivity index (χ1) is 6.57. The van der Waals surface area contributed by atoms with E-state index >= 15 is 0 Å². The number of ether oxygens (including phenoxy) is 1. The van der Waals surface area contributed by atoms with E-state index in [1.165, 1.54) is 0 Å². The van der Waals surface area contributed by atoms with Gasteiger partial charge in [-0.15, -0.1) is 0 Å². The Kier molecular flexibility index (Phi) is 4.13. The van der Waals surface area contributed by atoms with Crippen molar-refractivity contribution in [3.8, 4) is 5.75 Å². The third-order valence-electron chi connectivity index (χ3n) is 1.81. The van der Waals surface area contributed by atoms with Crippen molar-refractivity contribution in [2.75, 3.05) is 7.11 Å². The van der Waals surface area contributed by atoms with Crippen molar-refractivity contribution in [1.29, 1.82) is 0 Å². The fourth-order valence-corrected chi connectivity index (χ4v) is 1.94. The maximum absolute atomic E-state index is 11.7. The minimum Gasteiger partial charge on any atom is -0.496 e. The summed E-state index contributed by atoms with van der Waals surface area (Å²) >= 11 is 6.59. The average Bonchev–Trinajstić information content (AvgIpc) is 2.17. The van der Waals surface area contributed by atoms with Gasteiger partial charge >= 0.3 is 0 Å². The van der Waals surface area contributed by atoms with E-state index in [-0.39, 0.29) is 10.6 Å². The van der Waals surface area contributed by atoms with Crippen LogP contribution in [-0.2, 0) is 0 Å². The minimum atomic E-state index is -0.189. The second-order valence-corrected chi connectivity index (χ2v) is 4.97. The summed E-state index contributed by atoms with van der Waals surface area (Å²) < 4.78 is 5.81. The van der Waals surface area contributed by atoms with Gasteiger partial charge in [-0.1, -0.05) is 22.0 Å². The smallest absolute Gasteiger partial charge is 0.177 e. The Morgan fingerprint density at radius 2 is 2.14 bits per heavy atom. The van der Waals surface area contributed by atoms with Crippen LogP contribution < -0.4 is 4.74 Å². The summed E-state index contributed by atoms with van der Waals surface area (Å²) in [4.78, 5) is 11.5. The summed E-state index contributed by atoms with van der Waals surface area (Å²) in [5.74, 6) is 0.708. The molecule has 0 spiro atoms. The van der Waals surface area contributed by atoms with E-state index in [9.17, 15) is 4.79 Å². The SMILES string of the molecule is COc1cccc(C(=O)C(C)Br)c1Br. The van der Waals surface area contributed by atoms with Gasteiger partial charge in [-0.3, -0.25) is 4.79 Å². The van der Waals surface area contributed by atoms with E-state index in [1.54, 1.807) is 32.2 Å². The topological polar surface area (TPSA) is 26.3 Å². The zero-order valence-corrected chi connectivity index (χ0v) is 11.1. The van der Waals surface area contributed by atoms with E-state index in [0.29, 0.717) is 15.8 Å². The molecule has 0 amide bonds. The number of carbonyl (C=O) groups is 1. The lowest BCUT2D eigenvalue weighted by molar-refractivity contribution is 0.0994. The highest BCUT2D eigenvalue weighted by Gasteiger charge is 2.16. The summed E-state index contributed by atoms with van der Waals surface area (Å²) in [5.41, 5.74) is 0.633. The van der Waals surface area contributed by atoms with Crippen LogP contribution in [0.15, 0.2) is 22.7 Å². The normalized spacial score (nSPS) is 12.3. The van der Waals surface area contributed by atoms with Crippen molar-refractivity contribution < 1.29 is 9.53 Å². The number of hydrogen-bond donors (Lipinski definition) is 0. The Balaban J connectivity index is 3.16. The molecule has 1 atom stereocenters. The molecule has 0 N–H and O–H groups in total. The van der Waals surface area contributed by atoms with Gasteiger partial charge in [-0.2, -0.15) is 0 Å². The number of ketones is 1. The molecule has 1 aromatic rings. The van der Waals surface area contributed by atoms with Crippen LogP contribution in [0, 0.1) is 0 Å². The van der Waals surface area contributed by atoms with Crippen LogP contribution in [0.2, 0.25) is 0 Å². The van der Waals surface area contributed by atoms with E-state index in [1.807, 2.05) is 0 Å². The van der Waals surface area contributed by atoms with Crippen molar-refractivity contribution in [3.63, 3.8) is 0 Å². The number of halogens is 2. The highest BCUT2D eigenvalue weighted by molar-refractivity contribution is 9.10. The molecule has 1 rings (SSSR count). The molecule has 0 radical (unpaired) electrons. The van der Waals surface area contributed by atoms with Crippen LogP contribution in [-0.4, -0.2) is 17.7 Å². The molecule has 4 heteroatoms. The molecule has 14 heavy (non-hydrogen) atoms. The third kappa shape index (κ3) is 2.36. The Morgan fingerprint density at radius 1 is 1.50 bits per heavy atom. The number of carbonyl (C=O) groups excluding carboxylic acids is 1. The third-order valence-corrected chi connectivity index (χ3v) is 3.04. The Bertz CT molecular complexity index is 348. The van der Waals surface area contributed by atoms with Crippen LogP contribution in [0.3, 0.4) is 0 Å². The summed E-state index contributed by atoms with van der Waals surface area (Å²) in [6, 6.07) is 5.37. The van der Waals surface area contributed by atoms with Gasteiger partial charge in [0, 0.05) is 5.56 Å². The van der Waals surface area contributed by atoms with Gasteiger partial charge in [0.15, 0.2) is 5.78 Å². The minimum absolute atomic E-state index is 0.0378. The van der Waals surface area contributed by atoms with E-state index in [2.05, 4.69) is 31.9 Å². The summed E-state index contributed by atoms with van der Waals surface area (Å²) in [6.45, 7) is 1.80. The monoisotopic (exact) mass is 320 g/mol. The summed E-state index contributed by atoms with van der Waals surface area (Å²) in [7, 11) is 1.58. The maximum atomic E-state index is 11.7. The maximum Gasteiger partial charge on any atom is 0.177 e. The lowest BCUT2D eigenvalue weighted by atomic mass is 10.1. The lowest BCUT2D eigenvalue weighted by Crippen LogP contribution is -2.10. The second kappa shape index (κ2) is 4.94. The molecule has 1 unspecified atom stereocenters. The zero-order chi connectivity index (χ0) is 10.7. The number of rotatable bonds is 3. The highest BCUT2D eigenvalue weighted by atomic mass is 79.9. The van der Waals surface area contributed by atoms with Crippen LogP contribution in [0.25, 0.3) is 0 Å². The first kappa shape index (κ1) is 11.7. The van der Waals surface area contributed by atoms with E-state index in [0.717, 1.165) is 0 Å². The van der Waals surface area contributed by atoms with Crippen LogP contribution >= 0.6 is 31.9 Å². The molecule has 0 heterocycles. The molecule has 0 aliphatic carbocycles. The van der Waals surface area contributed by atoms with Gasteiger partial charge in [0.25, 0.3) is 0 Å². The van der Waals surface area contributed by atoms with Crippen molar-refractivity contribution in [2.45, 2.75) is 11.8 Å². The van der Waals surface area contributed by atoms with Crippen molar-refractivity contribution in [3.05, 3.63) is 28.2 Å². The van der Waals surface area contributed by atoms with Crippen molar-refractivity contribution in [1.82, 2.24) is 0 Å². The number of hydrogen-bond acceptors (Lipinski definition) is 2.